The Morgan fingerprint density at radius 1 is 1.21 bits per heavy atom. The van der Waals surface area contributed by atoms with Crippen LogP contribution in [0.3, 0.4) is 0 Å². The smallest absolute Gasteiger partial charge is 0.222 e. The van der Waals surface area contributed by atoms with E-state index in [1.165, 1.54) is 10.5 Å². The van der Waals surface area contributed by atoms with E-state index in [2.05, 4.69) is 36.2 Å². The summed E-state index contributed by atoms with van der Waals surface area (Å²) in [7, 11) is 0. The average Bonchev–Trinajstić information content (AvgIpc) is 2.63. The number of piperidine rings is 1. The van der Waals surface area contributed by atoms with Crippen LogP contribution < -0.4 is 0 Å². The van der Waals surface area contributed by atoms with Crippen molar-refractivity contribution in [2.45, 2.75) is 42.8 Å². The number of carbonyl (C=O) groups excluding carboxylic acids is 1. The number of hydrogen-bond acceptors (Lipinski definition) is 3. The molecule has 3 nitrogen and oxygen atoms in total. The highest BCUT2D eigenvalue weighted by Gasteiger charge is 2.23. The highest BCUT2D eigenvalue weighted by molar-refractivity contribution is 8.00. The third-order valence-corrected chi connectivity index (χ3v) is 5.82. The van der Waals surface area contributed by atoms with Gasteiger partial charge in [0, 0.05) is 42.0 Å². The highest BCUT2D eigenvalue weighted by Crippen LogP contribution is 2.30. The van der Waals surface area contributed by atoms with Crippen LogP contribution >= 0.6 is 11.8 Å². The molecule has 3 rings (SSSR count). The second-order valence-electron chi connectivity index (χ2n) is 6.37. The third kappa shape index (κ3) is 4.84. The van der Waals surface area contributed by atoms with E-state index < -0.39 is 0 Å². The molecule has 1 fully saturated rings. The number of aryl methyl sites for hydroxylation is 2. The van der Waals surface area contributed by atoms with E-state index in [9.17, 15) is 4.79 Å². The van der Waals surface area contributed by atoms with E-state index in [0.717, 1.165) is 37.9 Å². The summed E-state index contributed by atoms with van der Waals surface area (Å²) >= 11 is 1.95. The fourth-order valence-corrected chi connectivity index (χ4v) is 4.11. The Labute approximate surface area is 148 Å². The van der Waals surface area contributed by atoms with Gasteiger partial charge < -0.3 is 4.90 Å². The van der Waals surface area contributed by atoms with Crippen molar-refractivity contribution in [2.24, 2.45) is 0 Å². The molecule has 1 aliphatic rings. The molecule has 0 bridgehead atoms. The van der Waals surface area contributed by atoms with Crippen LogP contribution in [0.25, 0.3) is 0 Å². The zero-order valence-electron chi connectivity index (χ0n) is 14.1. The molecule has 2 aromatic rings. The molecule has 1 saturated heterocycles. The van der Waals surface area contributed by atoms with Crippen molar-refractivity contribution in [1.82, 2.24) is 9.88 Å². The number of aromatic nitrogens is 1. The van der Waals surface area contributed by atoms with Gasteiger partial charge in [0.2, 0.25) is 5.91 Å². The number of rotatable bonds is 5. The number of amides is 1. The van der Waals surface area contributed by atoms with Crippen molar-refractivity contribution in [1.29, 1.82) is 0 Å². The van der Waals surface area contributed by atoms with Gasteiger partial charge in [0.15, 0.2) is 0 Å². The second kappa shape index (κ2) is 8.34. The summed E-state index contributed by atoms with van der Waals surface area (Å²) in [5.74, 6) is 0.276. The lowest BCUT2D eigenvalue weighted by Crippen LogP contribution is -2.39. The van der Waals surface area contributed by atoms with E-state index in [4.69, 9.17) is 0 Å². The molecule has 1 aromatic heterocycles. The van der Waals surface area contributed by atoms with Gasteiger partial charge in [-0.3, -0.25) is 9.78 Å². The molecule has 0 N–H and O–H groups in total. The minimum absolute atomic E-state index is 0.276. The van der Waals surface area contributed by atoms with Crippen molar-refractivity contribution < 1.29 is 4.79 Å². The Balaban J connectivity index is 1.42. The molecule has 0 aliphatic carbocycles. The molecule has 126 valence electrons. The Morgan fingerprint density at radius 3 is 2.62 bits per heavy atom. The van der Waals surface area contributed by atoms with Crippen molar-refractivity contribution >= 4 is 17.7 Å². The van der Waals surface area contributed by atoms with Crippen molar-refractivity contribution in [3.63, 3.8) is 0 Å². The van der Waals surface area contributed by atoms with Crippen LogP contribution in [0.15, 0.2) is 53.7 Å². The molecule has 2 heterocycles. The van der Waals surface area contributed by atoms with Gasteiger partial charge in [-0.05, 0) is 49.9 Å². The molecule has 0 atom stereocenters. The Hall–Kier alpha value is -1.81. The van der Waals surface area contributed by atoms with Gasteiger partial charge >= 0.3 is 0 Å². The normalized spacial score (nSPS) is 15.5. The van der Waals surface area contributed by atoms with Crippen LogP contribution in [0.1, 0.15) is 30.4 Å². The van der Waals surface area contributed by atoms with Crippen LogP contribution in [-0.4, -0.2) is 34.1 Å². The van der Waals surface area contributed by atoms with Crippen LogP contribution in [0, 0.1) is 6.92 Å². The maximum Gasteiger partial charge on any atom is 0.222 e. The number of thioether (sulfide) groups is 1. The Kier molecular flexibility index (Phi) is 5.91. The Bertz CT molecular complexity index is 649. The van der Waals surface area contributed by atoms with Gasteiger partial charge in [-0.15, -0.1) is 11.8 Å². The molecule has 1 amide bonds. The number of nitrogens with zero attached hydrogens (tertiary/aromatic N) is 2. The third-order valence-electron chi connectivity index (χ3n) is 4.47. The molecule has 24 heavy (non-hydrogen) atoms. The number of benzene rings is 1. The zero-order chi connectivity index (χ0) is 16.8. The summed E-state index contributed by atoms with van der Waals surface area (Å²) in [5, 5.41) is 0.620. The van der Waals surface area contributed by atoms with E-state index in [1.807, 2.05) is 35.0 Å². The summed E-state index contributed by atoms with van der Waals surface area (Å²) in [5.41, 5.74) is 2.43. The Morgan fingerprint density at radius 2 is 1.96 bits per heavy atom. The van der Waals surface area contributed by atoms with E-state index >= 15 is 0 Å². The van der Waals surface area contributed by atoms with Crippen LogP contribution in [0.4, 0.5) is 0 Å². The van der Waals surface area contributed by atoms with Crippen molar-refractivity contribution in [3.8, 4) is 0 Å². The van der Waals surface area contributed by atoms with Crippen molar-refractivity contribution in [3.05, 3.63) is 59.9 Å². The summed E-state index contributed by atoms with van der Waals surface area (Å²) < 4.78 is 0. The quantitative estimate of drug-likeness (QED) is 0.821. The van der Waals surface area contributed by atoms with Crippen LogP contribution in [0.2, 0.25) is 0 Å². The minimum Gasteiger partial charge on any atom is -0.343 e. The first kappa shape index (κ1) is 17.0. The highest BCUT2D eigenvalue weighted by atomic mass is 32.2. The SMILES string of the molecule is Cc1ccc(SC2CCN(C(=O)CCc3cccnc3)CC2)cc1. The first-order chi connectivity index (χ1) is 11.7. The van der Waals surface area contributed by atoms with Crippen LogP contribution in [0.5, 0.6) is 0 Å². The van der Waals surface area contributed by atoms with E-state index in [1.54, 1.807) is 6.20 Å². The fraction of sp³-hybridized carbons (Fsp3) is 0.400. The topological polar surface area (TPSA) is 33.2 Å². The standard InChI is InChI=1S/C20H24N2OS/c1-16-4-7-18(8-5-16)24-19-10-13-22(14-11-19)20(23)9-6-17-3-2-12-21-15-17/h2-5,7-8,12,15,19H,6,9-11,13-14H2,1H3. The molecule has 0 spiro atoms. The lowest BCUT2D eigenvalue weighted by Gasteiger charge is -2.31. The molecule has 4 heteroatoms. The maximum absolute atomic E-state index is 12.4. The molecule has 1 aromatic carbocycles. The van der Waals surface area contributed by atoms with E-state index in [0.29, 0.717) is 11.7 Å². The van der Waals surface area contributed by atoms with E-state index in [-0.39, 0.29) is 5.91 Å². The number of carbonyl (C=O) groups is 1. The monoisotopic (exact) mass is 340 g/mol. The second-order valence-corrected chi connectivity index (χ2v) is 7.75. The van der Waals surface area contributed by atoms with Gasteiger partial charge in [0.25, 0.3) is 0 Å². The summed E-state index contributed by atoms with van der Waals surface area (Å²) in [6.45, 7) is 3.88. The maximum atomic E-state index is 12.4. The predicted molar refractivity (Wildman–Crippen MR) is 99.2 cm³/mol. The molecule has 0 radical (unpaired) electrons. The molecular formula is C20H24N2OS. The first-order valence-corrected chi connectivity index (χ1v) is 9.49. The van der Waals surface area contributed by atoms with Crippen molar-refractivity contribution in [2.75, 3.05) is 13.1 Å². The predicted octanol–water partition coefficient (Wildman–Crippen LogP) is 4.11. The zero-order valence-corrected chi connectivity index (χ0v) is 15.0. The van der Waals surface area contributed by atoms with Gasteiger partial charge in [-0.25, -0.2) is 0 Å². The number of hydrogen-bond donors (Lipinski definition) is 0. The summed E-state index contributed by atoms with van der Waals surface area (Å²) in [6, 6.07) is 12.7. The van der Waals surface area contributed by atoms with Crippen LogP contribution in [-0.2, 0) is 11.2 Å². The van der Waals surface area contributed by atoms with Gasteiger partial charge in [-0.1, -0.05) is 23.8 Å². The van der Waals surface area contributed by atoms with Gasteiger partial charge in [0.05, 0.1) is 0 Å². The molecule has 0 saturated carbocycles. The average molecular weight is 340 g/mol. The molecule has 0 unspecified atom stereocenters. The summed E-state index contributed by atoms with van der Waals surface area (Å²) in [6.07, 6.45) is 7.14. The fourth-order valence-electron chi connectivity index (χ4n) is 2.99. The summed E-state index contributed by atoms with van der Waals surface area (Å²) in [4.78, 5) is 19.8. The lowest BCUT2D eigenvalue weighted by atomic mass is 10.1. The lowest BCUT2D eigenvalue weighted by molar-refractivity contribution is -0.131. The van der Waals surface area contributed by atoms with Gasteiger partial charge in [-0.2, -0.15) is 0 Å². The first-order valence-electron chi connectivity index (χ1n) is 8.61. The largest absolute Gasteiger partial charge is 0.343 e. The number of likely N-dealkylation sites (tertiary alicyclic amines) is 1. The molecular weight excluding hydrogens is 316 g/mol. The molecule has 1 aliphatic heterocycles. The van der Waals surface area contributed by atoms with Gasteiger partial charge in [0.1, 0.15) is 0 Å². The minimum atomic E-state index is 0.276. The number of pyridine rings is 1.